The van der Waals surface area contributed by atoms with Crippen LogP contribution in [0.2, 0.25) is 0 Å². The van der Waals surface area contributed by atoms with Crippen LogP contribution >= 0.6 is 23.5 Å². The number of aromatic nitrogens is 3. The van der Waals surface area contributed by atoms with Gasteiger partial charge >= 0.3 is 0 Å². The number of amides is 1. The summed E-state index contributed by atoms with van der Waals surface area (Å²) in [7, 11) is 3.14. The number of nitrogens with one attached hydrogen (secondary N) is 1. The fourth-order valence-corrected chi connectivity index (χ4v) is 5.14. The smallest absolute Gasteiger partial charge is 0.237 e. The Kier molecular flexibility index (Phi) is 8.56. The molecule has 7 nitrogen and oxygen atoms in total. The summed E-state index contributed by atoms with van der Waals surface area (Å²) >= 11 is 3.06. The van der Waals surface area contributed by atoms with Crippen LogP contribution in [0.4, 0.5) is 5.69 Å². The fraction of sp³-hybridized carbons (Fsp3) is 0.222. The predicted octanol–water partition coefficient (Wildman–Crippen LogP) is 6.00. The van der Waals surface area contributed by atoms with E-state index in [1.807, 2.05) is 41.8 Å². The minimum Gasteiger partial charge on any atom is -0.497 e. The van der Waals surface area contributed by atoms with Crippen molar-refractivity contribution in [2.75, 3.05) is 19.5 Å². The van der Waals surface area contributed by atoms with Crippen LogP contribution in [0, 0.1) is 6.92 Å². The highest BCUT2D eigenvalue weighted by molar-refractivity contribution is 8.00. The van der Waals surface area contributed by atoms with Crippen molar-refractivity contribution in [1.82, 2.24) is 14.8 Å². The first-order chi connectivity index (χ1) is 17.5. The lowest BCUT2D eigenvalue weighted by Gasteiger charge is -2.16. The minimum absolute atomic E-state index is 0.176. The zero-order chi connectivity index (χ0) is 25.5. The van der Waals surface area contributed by atoms with Crippen molar-refractivity contribution in [2.24, 2.45) is 0 Å². The number of rotatable bonds is 10. The molecule has 0 bridgehead atoms. The van der Waals surface area contributed by atoms with E-state index in [-0.39, 0.29) is 5.91 Å². The van der Waals surface area contributed by atoms with Crippen molar-refractivity contribution in [2.45, 2.75) is 34.9 Å². The van der Waals surface area contributed by atoms with Crippen LogP contribution in [0.5, 0.6) is 11.5 Å². The molecule has 0 fully saturated rings. The normalized spacial score (nSPS) is 11.7. The summed E-state index contributed by atoms with van der Waals surface area (Å²) < 4.78 is 12.7. The van der Waals surface area contributed by atoms with E-state index >= 15 is 0 Å². The van der Waals surface area contributed by atoms with Gasteiger partial charge in [0.1, 0.15) is 17.3 Å². The number of carbonyl (C=O) groups excluding carboxylic acids is 1. The predicted molar refractivity (Wildman–Crippen MR) is 146 cm³/mol. The maximum atomic E-state index is 13.1. The minimum atomic E-state index is -0.440. The van der Waals surface area contributed by atoms with Gasteiger partial charge in [0, 0.05) is 16.6 Å². The van der Waals surface area contributed by atoms with Crippen molar-refractivity contribution in [3.63, 3.8) is 0 Å². The van der Waals surface area contributed by atoms with Crippen LogP contribution < -0.4 is 14.8 Å². The number of nitrogens with zero attached hydrogens (tertiary/aromatic N) is 3. The highest BCUT2D eigenvalue weighted by atomic mass is 32.2. The molecule has 3 aromatic carbocycles. The Labute approximate surface area is 219 Å². The van der Waals surface area contributed by atoms with Crippen molar-refractivity contribution >= 4 is 35.1 Å². The van der Waals surface area contributed by atoms with Crippen LogP contribution in [0.1, 0.15) is 18.3 Å². The standard InChI is InChI=1S/C27H28N4O3S2/c1-18-10-13-22(14-11-18)35-17-25-29-30-27(31(25)20-8-6-5-7-9-20)36-19(2)26(32)28-23-16-21(33-3)12-15-24(23)34-4/h5-16,19H,17H2,1-4H3,(H,28,32). The van der Waals surface area contributed by atoms with Gasteiger partial charge in [0.05, 0.1) is 30.9 Å². The van der Waals surface area contributed by atoms with E-state index in [4.69, 9.17) is 9.47 Å². The average molecular weight is 521 g/mol. The second-order valence-corrected chi connectivity index (χ2v) is 10.3. The van der Waals surface area contributed by atoms with Gasteiger partial charge in [-0.2, -0.15) is 0 Å². The number of para-hydroxylation sites is 1. The number of benzene rings is 3. The molecule has 0 saturated heterocycles. The lowest BCUT2D eigenvalue weighted by molar-refractivity contribution is -0.115. The van der Waals surface area contributed by atoms with E-state index in [0.29, 0.717) is 28.1 Å². The summed E-state index contributed by atoms with van der Waals surface area (Å²) in [5.41, 5.74) is 2.73. The van der Waals surface area contributed by atoms with E-state index < -0.39 is 5.25 Å². The van der Waals surface area contributed by atoms with Gasteiger partial charge in [-0.3, -0.25) is 9.36 Å². The van der Waals surface area contributed by atoms with Gasteiger partial charge in [0.15, 0.2) is 5.16 Å². The molecule has 36 heavy (non-hydrogen) atoms. The van der Waals surface area contributed by atoms with Crippen molar-refractivity contribution in [3.05, 3.63) is 84.2 Å². The third kappa shape index (κ3) is 6.22. The Morgan fingerprint density at radius 1 is 1.00 bits per heavy atom. The fourth-order valence-electron chi connectivity index (χ4n) is 3.45. The summed E-state index contributed by atoms with van der Waals surface area (Å²) in [6.45, 7) is 3.92. The number of aryl methyl sites for hydroxylation is 1. The molecule has 1 aromatic heterocycles. The molecule has 0 aliphatic heterocycles. The zero-order valence-corrected chi connectivity index (χ0v) is 22.2. The van der Waals surface area contributed by atoms with Crippen molar-refractivity contribution < 1.29 is 14.3 Å². The van der Waals surface area contributed by atoms with Crippen molar-refractivity contribution in [1.29, 1.82) is 0 Å². The molecule has 0 radical (unpaired) electrons. The maximum absolute atomic E-state index is 13.1. The number of thioether (sulfide) groups is 2. The maximum Gasteiger partial charge on any atom is 0.237 e. The first kappa shape index (κ1) is 25.7. The van der Waals surface area contributed by atoms with E-state index in [9.17, 15) is 4.79 Å². The second kappa shape index (κ2) is 12.0. The first-order valence-electron chi connectivity index (χ1n) is 11.4. The van der Waals surface area contributed by atoms with E-state index in [1.165, 1.54) is 17.3 Å². The SMILES string of the molecule is COc1ccc(OC)c(NC(=O)C(C)Sc2nnc(CSc3ccc(C)cc3)n2-c2ccccc2)c1. The molecular weight excluding hydrogens is 492 g/mol. The third-order valence-corrected chi connectivity index (χ3v) is 7.47. The van der Waals surface area contributed by atoms with Gasteiger partial charge in [-0.05, 0) is 50.2 Å². The Morgan fingerprint density at radius 2 is 1.75 bits per heavy atom. The van der Waals surface area contributed by atoms with Crippen LogP contribution in [0.15, 0.2) is 82.8 Å². The highest BCUT2D eigenvalue weighted by Crippen LogP contribution is 2.32. The van der Waals surface area contributed by atoms with Gasteiger partial charge in [-0.1, -0.05) is 47.7 Å². The van der Waals surface area contributed by atoms with Crippen LogP contribution in [0.3, 0.4) is 0 Å². The lowest BCUT2D eigenvalue weighted by Crippen LogP contribution is -2.23. The Morgan fingerprint density at radius 3 is 2.44 bits per heavy atom. The quantitative estimate of drug-likeness (QED) is 0.257. The van der Waals surface area contributed by atoms with Gasteiger partial charge in [-0.15, -0.1) is 22.0 Å². The van der Waals surface area contributed by atoms with Crippen LogP contribution in [-0.4, -0.2) is 40.1 Å². The molecule has 4 aromatic rings. The first-order valence-corrected chi connectivity index (χ1v) is 13.2. The summed E-state index contributed by atoms with van der Waals surface area (Å²) in [6, 6.07) is 23.7. The Bertz CT molecular complexity index is 1310. The molecule has 0 aliphatic carbocycles. The van der Waals surface area contributed by atoms with Gasteiger partial charge in [0.25, 0.3) is 0 Å². The molecule has 4 rings (SSSR count). The molecule has 9 heteroatoms. The van der Waals surface area contributed by atoms with Crippen LogP contribution in [0.25, 0.3) is 5.69 Å². The molecule has 1 amide bonds. The molecule has 1 atom stereocenters. The molecule has 186 valence electrons. The number of anilines is 1. The number of hydrogen-bond acceptors (Lipinski definition) is 7. The molecule has 1 unspecified atom stereocenters. The molecular formula is C27H28N4O3S2. The van der Waals surface area contributed by atoms with Gasteiger partial charge in [-0.25, -0.2) is 0 Å². The number of ether oxygens (including phenoxy) is 2. The molecule has 0 aliphatic rings. The number of methoxy groups -OCH3 is 2. The Balaban J connectivity index is 1.54. The summed E-state index contributed by atoms with van der Waals surface area (Å²) in [6.07, 6.45) is 0. The van der Waals surface area contributed by atoms with Gasteiger partial charge in [0.2, 0.25) is 5.91 Å². The third-order valence-electron chi connectivity index (χ3n) is 5.42. The van der Waals surface area contributed by atoms with Crippen molar-refractivity contribution in [3.8, 4) is 17.2 Å². The molecule has 0 saturated carbocycles. The molecule has 1 heterocycles. The number of carbonyl (C=O) groups is 1. The molecule has 1 N–H and O–H groups in total. The van der Waals surface area contributed by atoms with E-state index in [0.717, 1.165) is 16.4 Å². The van der Waals surface area contributed by atoms with Gasteiger partial charge < -0.3 is 14.8 Å². The average Bonchev–Trinajstić information content (AvgIpc) is 3.30. The molecule has 0 spiro atoms. The highest BCUT2D eigenvalue weighted by Gasteiger charge is 2.22. The second-order valence-electron chi connectivity index (χ2n) is 7.99. The lowest BCUT2D eigenvalue weighted by atomic mass is 10.2. The summed E-state index contributed by atoms with van der Waals surface area (Å²) in [5, 5.41) is 12.1. The van der Waals surface area contributed by atoms with E-state index in [1.54, 1.807) is 44.2 Å². The van der Waals surface area contributed by atoms with E-state index in [2.05, 4.69) is 46.7 Å². The summed E-state index contributed by atoms with van der Waals surface area (Å²) in [5.74, 6) is 2.48. The number of hydrogen-bond donors (Lipinski definition) is 1. The topological polar surface area (TPSA) is 78.3 Å². The largest absolute Gasteiger partial charge is 0.497 e. The van der Waals surface area contributed by atoms with Crippen LogP contribution in [-0.2, 0) is 10.5 Å². The zero-order valence-electron chi connectivity index (χ0n) is 20.6. The summed E-state index contributed by atoms with van der Waals surface area (Å²) in [4.78, 5) is 14.3. The monoisotopic (exact) mass is 520 g/mol. The Hall–Kier alpha value is -3.43.